The molecule has 0 aliphatic carbocycles. The van der Waals surface area contributed by atoms with Crippen molar-refractivity contribution in [3.63, 3.8) is 0 Å². The molecule has 362 valence electrons. The molecule has 15 heteroatoms. The molecule has 1 aromatic carbocycles. The average molecular weight is 927 g/mol. The summed E-state index contributed by atoms with van der Waals surface area (Å²) in [5.74, 6) is 1.21. The molecule has 0 aliphatic heterocycles. The van der Waals surface area contributed by atoms with Crippen molar-refractivity contribution in [3.8, 4) is 5.75 Å². The summed E-state index contributed by atoms with van der Waals surface area (Å²) >= 11 is 0. The van der Waals surface area contributed by atoms with Crippen molar-refractivity contribution in [2.75, 3.05) is 21.3 Å². The van der Waals surface area contributed by atoms with E-state index in [9.17, 15) is 24.3 Å². The van der Waals surface area contributed by atoms with Crippen LogP contribution in [-0.2, 0) is 58.4 Å². The van der Waals surface area contributed by atoms with Crippen LogP contribution in [0, 0.1) is 28.6 Å². The lowest BCUT2D eigenvalue weighted by Gasteiger charge is -2.26. The monoisotopic (exact) mass is 927 g/mol. The number of aromatic hydroxyl groups is 1. The second-order valence-electron chi connectivity index (χ2n) is 21.6. The van der Waals surface area contributed by atoms with E-state index in [1.54, 1.807) is 24.3 Å². The highest BCUT2D eigenvalue weighted by Gasteiger charge is 2.26. The maximum absolute atomic E-state index is 12.9. The van der Waals surface area contributed by atoms with Crippen molar-refractivity contribution in [1.29, 1.82) is 0 Å². The topological polar surface area (TPSA) is 195 Å². The first-order valence-corrected chi connectivity index (χ1v) is 23.0. The average Bonchev–Trinajstić information content (AvgIpc) is 3.21. The van der Waals surface area contributed by atoms with E-state index in [1.165, 1.54) is 0 Å². The summed E-state index contributed by atoms with van der Waals surface area (Å²) in [6.07, 6.45) is 0. The highest BCUT2D eigenvalue weighted by Crippen LogP contribution is 2.30. The zero-order chi connectivity index (χ0) is 50.2. The van der Waals surface area contributed by atoms with Crippen LogP contribution in [0.4, 0.5) is 23.3 Å². The van der Waals surface area contributed by atoms with Gasteiger partial charge in [0.15, 0.2) is 0 Å². The maximum atomic E-state index is 12.9. The maximum Gasteiger partial charge on any atom is 0.230 e. The Morgan fingerprint density at radius 2 is 0.662 bits per heavy atom. The molecule has 0 saturated heterocycles. The number of hydrogen-bond donors (Lipinski definition) is 5. The van der Waals surface area contributed by atoms with E-state index < -0.39 is 21.7 Å². The van der Waals surface area contributed by atoms with Gasteiger partial charge in [-0.3, -0.25) is 29.0 Å². The van der Waals surface area contributed by atoms with Crippen LogP contribution >= 0.6 is 0 Å². The number of pyridine rings is 4. The smallest absolute Gasteiger partial charge is 0.230 e. The SMILES string of the molecule is Cc1cc(CN(Cc2cccc(NC(=O)C(C)(C)C)n2)Cc2cccc(NC(=O)C(C)(C)C)n2)c(O)c(CN(Cc2cccc(NC(=O)C(C)(C)C)n2)Cc2cccc(NC(=O)C(C)(C)C)n2)c1. The third-order valence-corrected chi connectivity index (χ3v) is 10.7. The number of aryl methyl sites for hydroxylation is 1. The summed E-state index contributed by atoms with van der Waals surface area (Å²) in [6, 6.07) is 25.9. The summed E-state index contributed by atoms with van der Waals surface area (Å²) in [7, 11) is 0. The van der Waals surface area contributed by atoms with Gasteiger partial charge in [-0.25, -0.2) is 19.9 Å². The van der Waals surface area contributed by atoms with Crippen LogP contribution < -0.4 is 21.3 Å². The molecule has 68 heavy (non-hydrogen) atoms. The Bertz CT molecular complexity index is 2280. The minimum Gasteiger partial charge on any atom is -0.507 e. The molecular formula is C53H70N10O5. The molecule has 0 spiro atoms. The lowest BCUT2D eigenvalue weighted by molar-refractivity contribution is -0.123. The molecule has 15 nitrogen and oxygen atoms in total. The van der Waals surface area contributed by atoms with Gasteiger partial charge < -0.3 is 26.4 Å². The van der Waals surface area contributed by atoms with Gasteiger partial charge in [-0.2, -0.15) is 0 Å². The Labute approximate surface area is 402 Å². The van der Waals surface area contributed by atoms with E-state index in [4.69, 9.17) is 19.9 Å². The highest BCUT2D eigenvalue weighted by molar-refractivity contribution is 5.95. The molecule has 0 bridgehead atoms. The molecule has 0 atom stereocenters. The Balaban J connectivity index is 1.50. The van der Waals surface area contributed by atoms with Crippen molar-refractivity contribution in [2.45, 2.75) is 129 Å². The number of nitrogens with one attached hydrogen (secondary N) is 4. The summed E-state index contributed by atoms with van der Waals surface area (Å²) in [6.45, 7) is 26.0. The molecule has 0 radical (unpaired) electrons. The molecule has 5 N–H and O–H groups in total. The number of benzene rings is 1. The fraction of sp³-hybridized carbons (Fsp3) is 0.434. The van der Waals surface area contributed by atoms with Crippen LogP contribution in [0.5, 0.6) is 5.75 Å². The summed E-state index contributed by atoms with van der Waals surface area (Å²) in [4.78, 5) is 75.0. The van der Waals surface area contributed by atoms with Crippen LogP contribution in [0.25, 0.3) is 0 Å². The van der Waals surface area contributed by atoms with Gasteiger partial charge in [-0.1, -0.05) is 125 Å². The number of hydrogen-bond acceptors (Lipinski definition) is 11. The van der Waals surface area contributed by atoms with Gasteiger partial charge in [0.2, 0.25) is 23.6 Å². The molecule has 0 unspecified atom stereocenters. The third-order valence-electron chi connectivity index (χ3n) is 10.7. The largest absolute Gasteiger partial charge is 0.507 e. The molecule has 4 heterocycles. The number of anilines is 4. The van der Waals surface area contributed by atoms with Crippen LogP contribution in [0.3, 0.4) is 0 Å². The second-order valence-corrected chi connectivity index (χ2v) is 21.6. The molecule has 5 rings (SSSR count). The van der Waals surface area contributed by atoms with Crippen molar-refractivity contribution in [1.82, 2.24) is 29.7 Å². The first-order valence-electron chi connectivity index (χ1n) is 23.0. The molecule has 0 fully saturated rings. The molecule has 5 aromatic rings. The van der Waals surface area contributed by atoms with Gasteiger partial charge in [0, 0.05) is 72.1 Å². The Morgan fingerprint density at radius 3 is 0.882 bits per heavy atom. The van der Waals surface area contributed by atoms with Gasteiger partial charge in [0.25, 0.3) is 0 Å². The summed E-state index contributed by atoms with van der Waals surface area (Å²) < 4.78 is 0. The number of phenolic OH excluding ortho intramolecular Hbond substituents is 1. The minimum absolute atomic E-state index is 0.113. The normalized spacial score (nSPS) is 12.2. The van der Waals surface area contributed by atoms with E-state index in [0.717, 1.165) is 5.56 Å². The van der Waals surface area contributed by atoms with Crippen LogP contribution in [0.2, 0.25) is 0 Å². The summed E-state index contributed by atoms with van der Waals surface area (Å²) in [5, 5.41) is 24.0. The predicted octanol–water partition coefficient (Wildman–Crippen LogP) is 9.62. The zero-order valence-electron chi connectivity index (χ0n) is 42.1. The van der Waals surface area contributed by atoms with Gasteiger partial charge in [-0.05, 0) is 55.5 Å². The van der Waals surface area contributed by atoms with Gasteiger partial charge in [0.05, 0.1) is 22.8 Å². The van der Waals surface area contributed by atoms with E-state index >= 15 is 0 Å². The van der Waals surface area contributed by atoms with Gasteiger partial charge in [0.1, 0.15) is 29.0 Å². The van der Waals surface area contributed by atoms with E-state index in [0.29, 0.717) is 83.4 Å². The Hall–Kier alpha value is -6.58. The molecular weight excluding hydrogens is 857 g/mol. The molecule has 0 aliphatic rings. The van der Waals surface area contributed by atoms with E-state index in [2.05, 4.69) is 31.1 Å². The number of amides is 4. The van der Waals surface area contributed by atoms with E-state index in [1.807, 2.05) is 151 Å². The van der Waals surface area contributed by atoms with Crippen LogP contribution in [0.15, 0.2) is 84.9 Å². The van der Waals surface area contributed by atoms with Crippen molar-refractivity contribution in [3.05, 3.63) is 124 Å². The number of rotatable bonds is 16. The zero-order valence-corrected chi connectivity index (χ0v) is 42.1. The Morgan fingerprint density at radius 1 is 0.426 bits per heavy atom. The highest BCUT2D eigenvalue weighted by atomic mass is 16.3. The standard InChI is InChI=1S/C53H70N10O5/c1-34-26-35(28-62(30-37-18-14-22-41(54-37)58-46(65)50(2,3)4)31-38-19-15-23-42(55-38)59-47(66)51(5,6)7)45(64)36(27-34)29-63(32-39-20-16-24-43(56-39)60-48(67)52(8,9)10)33-40-21-17-25-44(57-40)61-49(68)53(11,12)13/h14-27,64H,28-33H2,1-13H3,(H,54,58,65)(H,55,59,66)(H,56,60,67)(H,57,61,68). The predicted molar refractivity (Wildman–Crippen MR) is 268 cm³/mol. The molecule has 0 saturated carbocycles. The van der Waals surface area contributed by atoms with Crippen molar-refractivity contribution < 1.29 is 24.3 Å². The quantitative estimate of drug-likeness (QED) is 0.0632. The molecule has 4 amide bonds. The number of carbonyl (C=O) groups excluding carboxylic acids is 4. The van der Waals surface area contributed by atoms with Gasteiger partial charge in [-0.15, -0.1) is 0 Å². The lowest BCUT2D eigenvalue weighted by atomic mass is 9.96. The fourth-order valence-corrected chi connectivity index (χ4v) is 6.67. The van der Waals surface area contributed by atoms with Crippen LogP contribution in [-0.4, -0.2) is 58.5 Å². The number of nitrogens with zero attached hydrogens (tertiary/aromatic N) is 6. The fourth-order valence-electron chi connectivity index (χ4n) is 6.67. The van der Waals surface area contributed by atoms with Crippen molar-refractivity contribution >= 4 is 46.9 Å². The first kappa shape index (κ1) is 52.4. The number of aromatic nitrogens is 4. The second kappa shape index (κ2) is 21.6. The molecule has 4 aromatic heterocycles. The summed E-state index contributed by atoms with van der Waals surface area (Å²) in [5.41, 5.74) is 2.56. The lowest BCUT2D eigenvalue weighted by Crippen LogP contribution is -2.29. The Kier molecular flexibility index (Phi) is 16.6. The number of carbonyl (C=O) groups is 4. The van der Waals surface area contributed by atoms with Crippen LogP contribution in [0.1, 0.15) is 123 Å². The number of phenols is 1. The first-order chi connectivity index (χ1) is 31.6. The van der Waals surface area contributed by atoms with Gasteiger partial charge >= 0.3 is 0 Å². The van der Waals surface area contributed by atoms with E-state index in [-0.39, 0.29) is 42.5 Å². The van der Waals surface area contributed by atoms with Crippen molar-refractivity contribution in [2.24, 2.45) is 21.7 Å². The minimum atomic E-state index is -0.618. The third kappa shape index (κ3) is 15.8.